The molecule has 4 aliphatic rings. The monoisotopic (exact) mass is 808 g/mol. The van der Waals surface area contributed by atoms with Crippen LogP contribution in [0.25, 0.3) is 10.8 Å². The van der Waals surface area contributed by atoms with Crippen LogP contribution in [-0.4, -0.2) is 75.1 Å². The van der Waals surface area contributed by atoms with Crippen LogP contribution in [0.1, 0.15) is 82.8 Å². The number of ether oxygens (including phenoxy) is 2. The second kappa shape index (κ2) is 16.2. The Morgan fingerprint density at radius 2 is 1.78 bits per heavy atom. The fraction of sp³-hybridized carbons (Fsp3) is 0.478. The van der Waals surface area contributed by atoms with Crippen LogP contribution in [0, 0.1) is 34.0 Å². The number of hydrogen-bond donors (Lipinski definition) is 5. The molecule has 0 bridgehead atoms. The maximum atomic E-state index is 17.5. The van der Waals surface area contributed by atoms with Crippen molar-refractivity contribution < 1.29 is 43.3 Å². The maximum absolute atomic E-state index is 17.5. The lowest BCUT2D eigenvalue weighted by molar-refractivity contribution is -0.209. The van der Waals surface area contributed by atoms with Crippen LogP contribution >= 0.6 is 0 Å². The molecule has 312 valence electrons. The number of ketones is 1. The van der Waals surface area contributed by atoms with Crippen LogP contribution in [0.15, 0.2) is 84.7 Å². The summed E-state index contributed by atoms with van der Waals surface area (Å²) in [6.07, 6.45) is 7.42. The highest BCUT2D eigenvalue weighted by Gasteiger charge is 2.75. The number of allylic oxidation sites excluding steroid dienone is 4. The summed E-state index contributed by atoms with van der Waals surface area (Å²) < 4.78 is 28.3. The number of carbonyl (C=O) groups is 4. The summed E-state index contributed by atoms with van der Waals surface area (Å²) in [4.78, 5) is 54.9. The summed E-state index contributed by atoms with van der Waals surface area (Å²) in [5.41, 5.74) is 2.27. The van der Waals surface area contributed by atoms with Gasteiger partial charge in [-0.3, -0.25) is 24.2 Å². The van der Waals surface area contributed by atoms with E-state index < -0.39 is 64.5 Å². The molecule has 1 heterocycles. The molecular formula is C46H53FN4O8. The molecule has 3 aromatic rings. The van der Waals surface area contributed by atoms with Gasteiger partial charge in [-0.2, -0.15) is 0 Å². The van der Waals surface area contributed by atoms with Crippen molar-refractivity contribution in [1.82, 2.24) is 4.98 Å². The van der Waals surface area contributed by atoms with E-state index >= 15 is 4.39 Å². The summed E-state index contributed by atoms with van der Waals surface area (Å²) in [7, 11) is 0. The summed E-state index contributed by atoms with van der Waals surface area (Å²) >= 11 is 0. The zero-order valence-electron chi connectivity index (χ0n) is 33.7. The first-order valence-corrected chi connectivity index (χ1v) is 20.4. The second-order valence-corrected chi connectivity index (χ2v) is 17.3. The van der Waals surface area contributed by atoms with Crippen molar-refractivity contribution in [2.24, 2.45) is 34.3 Å². The van der Waals surface area contributed by atoms with E-state index in [1.807, 2.05) is 24.3 Å². The summed E-state index contributed by atoms with van der Waals surface area (Å²) in [5.74, 6) is -3.78. The van der Waals surface area contributed by atoms with Crippen molar-refractivity contribution in [3.8, 4) is 0 Å². The number of nitrogens with two attached hydrogens (primary N) is 1. The minimum Gasteiger partial charge on any atom is -0.461 e. The van der Waals surface area contributed by atoms with Crippen molar-refractivity contribution in [3.63, 3.8) is 0 Å². The fourth-order valence-electron chi connectivity index (χ4n) is 10.8. The molecule has 7 rings (SSSR count). The lowest BCUT2D eigenvalue weighted by Gasteiger charge is -2.62. The number of aromatic nitrogens is 1. The lowest BCUT2D eigenvalue weighted by atomic mass is 9.44. The molecule has 3 fully saturated rings. The number of fused-ring (bicyclic) bond motifs is 6. The van der Waals surface area contributed by atoms with Gasteiger partial charge in [-0.25, -0.2) is 4.39 Å². The topological polar surface area (TPSA) is 202 Å². The molecule has 59 heavy (non-hydrogen) atoms. The molecule has 12 nitrogen and oxygen atoms in total. The number of amides is 1. The molecule has 0 spiro atoms. The molecule has 0 aliphatic heterocycles. The molecule has 1 unspecified atom stereocenters. The van der Waals surface area contributed by atoms with Crippen molar-refractivity contribution >= 4 is 45.8 Å². The quantitative estimate of drug-likeness (QED) is 0.100. The maximum Gasteiger partial charge on any atom is 0.306 e. The Balaban J connectivity index is 0.895. The van der Waals surface area contributed by atoms with E-state index in [-0.39, 0.29) is 49.2 Å². The highest BCUT2D eigenvalue weighted by molar-refractivity contribution is 6.01. The number of aliphatic hydroxyl groups excluding tert-OH is 1. The predicted octanol–water partition coefficient (Wildman–Crippen LogP) is 6.04. The van der Waals surface area contributed by atoms with Crippen molar-refractivity contribution in [2.75, 3.05) is 18.5 Å². The van der Waals surface area contributed by atoms with Crippen molar-refractivity contribution in [3.05, 3.63) is 95.9 Å². The molecule has 1 aromatic heterocycles. The van der Waals surface area contributed by atoms with Gasteiger partial charge in [0.25, 0.3) is 0 Å². The first kappa shape index (κ1) is 42.0. The Kier molecular flexibility index (Phi) is 11.5. The number of carbonyl (C=O) groups excluding carboxylic acids is 4. The molecule has 13 heteroatoms. The van der Waals surface area contributed by atoms with E-state index in [9.17, 15) is 29.4 Å². The Bertz CT molecular complexity index is 2230. The molecule has 0 saturated heterocycles. The van der Waals surface area contributed by atoms with E-state index in [0.717, 1.165) is 16.3 Å². The second-order valence-electron chi connectivity index (χ2n) is 17.3. The average Bonchev–Trinajstić information content (AvgIpc) is 3.42. The number of pyridine rings is 1. The van der Waals surface area contributed by atoms with E-state index in [4.69, 9.17) is 20.6 Å². The fourth-order valence-corrected chi connectivity index (χ4v) is 10.8. The van der Waals surface area contributed by atoms with Crippen molar-refractivity contribution in [1.29, 1.82) is 5.41 Å². The van der Waals surface area contributed by atoms with Gasteiger partial charge in [-0.05, 0) is 104 Å². The average molecular weight is 809 g/mol. The SMILES string of the molecule is C[C@@H]1C[C@H]2[C@@H]3CCC4=CC(=O)C=C[C@]4(C)[C@@]3(F)[C@@H](O)C[C@]2(C)[C@@]1(O)C(=N)COC(=O)CCC(=O)OCc1ccc(C(CCN)C(=O)Nc2ccc3cnccc3c2)cc1. The van der Waals surface area contributed by atoms with Gasteiger partial charge >= 0.3 is 11.9 Å². The van der Waals surface area contributed by atoms with Gasteiger partial charge in [-0.15, -0.1) is 0 Å². The molecule has 1 amide bonds. The Hall–Kier alpha value is -5.11. The van der Waals surface area contributed by atoms with Crippen LogP contribution in [0.4, 0.5) is 10.1 Å². The number of nitrogens with zero attached hydrogens (tertiary/aromatic N) is 1. The van der Waals surface area contributed by atoms with E-state index in [1.165, 1.54) is 12.2 Å². The van der Waals surface area contributed by atoms with Crippen molar-refractivity contribution in [2.45, 2.75) is 95.6 Å². The zero-order chi connectivity index (χ0) is 42.3. The van der Waals surface area contributed by atoms with Gasteiger partial charge in [0, 0.05) is 40.2 Å². The highest BCUT2D eigenvalue weighted by Crippen LogP contribution is 2.70. The molecule has 2 aromatic carbocycles. The lowest BCUT2D eigenvalue weighted by Crippen LogP contribution is -2.69. The van der Waals surface area contributed by atoms with E-state index in [0.29, 0.717) is 49.1 Å². The smallest absolute Gasteiger partial charge is 0.306 e. The zero-order valence-corrected chi connectivity index (χ0v) is 33.7. The number of nitrogens with one attached hydrogen (secondary N) is 2. The largest absolute Gasteiger partial charge is 0.461 e. The minimum absolute atomic E-state index is 0.0542. The van der Waals surface area contributed by atoms with E-state index in [1.54, 1.807) is 63.5 Å². The van der Waals surface area contributed by atoms with Gasteiger partial charge in [0.1, 0.15) is 18.8 Å². The molecule has 4 aliphatic carbocycles. The number of halogens is 1. The minimum atomic E-state index is -2.07. The molecule has 6 N–H and O–H groups in total. The van der Waals surface area contributed by atoms with E-state index in [2.05, 4.69) is 10.3 Å². The first-order chi connectivity index (χ1) is 28.0. The normalized spacial score (nSPS) is 31.3. The number of hydrogen-bond acceptors (Lipinski definition) is 11. The summed E-state index contributed by atoms with van der Waals surface area (Å²) in [6.45, 7) is 5.04. The number of rotatable bonds is 13. The highest BCUT2D eigenvalue weighted by atomic mass is 19.1. The third-order valence-electron chi connectivity index (χ3n) is 14.1. The van der Waals surface area contributed by atoms with Gasteiger partial charge in [0.15, 0.2) is 11.5 Å². The summed E-state index contributed by atoms with van der Waals surface area (Å²) in [5, 5.41) is 37.8. The molecule has 3 saturated carbocycles. The molecule has 0 radical (unpaired) electrons. The predicted molar refractivity (Wildman–Crippen MR) is 219 cm³/mol. The van der Waals surface area contributed by atoms with Crippen LogP contribution < -0.4 is 11.1 Å². The standard InChI is InChI=1S/C46H53FN4O8/c1-27-20-37-36-11-9-32-22-34(52)14-17-43(32,2)45(36,47)39(53)23-44(37,3)46(27,57)38(49)26-59-41(55)13-12-40(54)58-25-28-4-6-29(7-5-28)35(15-18-48)42(56)51-33-10-8-31-24-50-19-16-30(31)21-33/h4-8,10,14,16-17,19,21-22,24,27,35-37,39,49,53,57H,9,11-13,15,18,20,23,25-26,48H2,1-3H3,(H,51,56)/t27-,35?,36+,37+,39+,43+,44+,45+,46+/m1/s1. The molecule has 9 atom stereocenters. The third-order valence-corrected chi connectivity index (χ3v) is 14.1. The van der Waals surface area contributed by atoms with Gasteiger partial charge in [-0.1, -0.05) is 55.8 Å². The number of anilines is 1. The third kappa shape index (κ3) is 7.31. The number of esters is 2. The Morgan fingerprint density at radius 3 is 2.51 bits per heavy atom. The Morgan fingerprint density at radius 1 is 1.05 bits per heavy atom. The van der Waals surface area contributed by atoms with Gasteiger partial charge in [0.2, 0.25) is 5.91 Å². The van der Waals surface area contributed by atoms with Crippen LogP contribution in [-0.2, 0) is 35.3 Å². The van der Waals surface area contributed by atoms with Crippen LogP contribution in [0.2, 0.25) is 0 Å². The van der Waals surface area contributed by atoms with Gasteiger partial charge in [0.05, 0.1) is 30.6 Å². The number of alkyl halides is 1. The first-order valence-electron chi connectivity index (χ1n) is 20.4. The summed E-state index contributed by atoms with van der Waals surface area (Å²) in [6, 6.07) is 14.6. The van der Waals surface area contributed by atoms with Crippen LogP contribution in [0.5, 0.6) is 0 Å². The Labute approximate surface area is 343 Å². The number of aliphatic hydroxyl groups is 2. The van der Waals surface area contributed by atoms with Gasteiger partial charge < -0.3 is 36.1 Å². The van der Waals surface area contributed by atoms with Crippen LogP contribution in [0.3, 0.4) is 0 Å². The number of benzene rings is 2. The molecular weight excluding hydrogens is 756 g/mol.